The molecule has 4 heteroatoms. The van der Waals surface area contributed by atoms with Gasteiger partial charge in [-0.1, -0.05) is 20.8 Å². The number of nitrogens with zero attached hydrogens (tertiary/aromatic N) is 2. The van der Waals surface area contributed by atoms with Crippen molar-refractivity contribution in [1.82, 2.24) is 9.91 Å². The fourth-order valence-electron chi connectivity index (χ4n) is 2.76. The number of amides is 1. The highest BCUT2D eigenvalue weighted by atomic mass is 16.2. The molecule has 0 atom stereocenters. The molecule has 4 nitrogen and oxygen atoms in total. The van der Waals surface area contributed by atoms with E-state index in [0.29, 0.717) is 6.42 Å². The molecular formula is C13H27N3O. The lowest BCUT2D eigenvalue weighted by Gasteiger charge is -2.45. The van der Waals surface area contributed by atoms with E-state index < -0.39 is 0 Å². The molecule has 2 aliphatic rings. The van der Waals surface area contributed by atoms with Gasteiger partial charge in [-0.15, -0.1) is 0 Å². The molecule has 0 unspecified atom stereocenters. The van der Waals surface area contributed by atoms with Gasteiger partial charge in [0.2, 0.25) is 5.91 Å². The summed E-state index contributed by atoms with van der Waals surface area (Å²) in [6.45, 7) is 10.4. The quantitative estimate of drug-likeness (QED) is 0.560. The minimum Gasteiger partial charge on any atom is -0.304 e. The normalized spacial score (nSPS) is 24.5. The van der Waals surface area contributed by atoms with Gasteiger partial charge >= 0.3 is 0 Å². The summed E-state index contributed by atoms with van der Waals surface area (Å²) < 4.78 is 0. The summed E-state index contributed by atoms with van der Waals surface area (Å²) in [6.07, 6.45) is 4.09. The number of rotatable bonds is 1. The summed E-state index contributed by atoms with van der Waals surface area (Å²) in [5.74, 6) is 5.73. The van der Waals surface area contributed by atoms with Crippen molar-refractivity contribution in [2.24, 2.45) is 11.3 Å². The lowest BCUT2D eigenvalue weighted by Crippen LogP contribution is -2.51. The third-order valence-corrected chi connectivity index (χ3v) is 4.09. The number of carbonyl (C=O) groups is 1. The van der Waals surface area contributed by atoms with E-state index in [1.54, 1.807) is 0 Å². The Hall–Kier alpha value is -0.610. The fraction of sp³-hybridized carbons (Fsp3) is 0.923. The van der Waals surface area contributed by atoms with Crippen LogP contribution >= 0.6 is 0 Å². The van der Waals surface area contributed by atoms with Crippen LogP contribution in [0.3, 0.4) is 0 Å². The SMILES string of the molecule is CC.CCN1CCC2(CC1)CCN(N)C(=O)C2. The second-order valence-corrected chi connectivity index (χ2v) is 4.95. The predicted octanol–water partition coefficient (Wildman–Crippen LogP) is 1.61. The molecule has 2 N–H and O–H groups in total. The van der Waals surface area contributed by atoms with Crippen LogP contribution in [0.25, 0.3) is 0 Å². The van der Waals surface area contributed by atoms with Gasteiger partial charge in [-0.25, -0.2) is 5.84 Å². The van der Waals surface area contributed by atoms with E-state index in [2.05, 4.69) is 11.8 Å². The molecule has 2 aliphatic heterocycles. The zero-order valence-corrected chi connectivity index (χ0v) is 11.5. The van der Waals surface area contributed by atoms with Crippen molar-refractivity contribution in [2.45, 2.75) is 46.5 Å². The Labute approximate surface area is 105 Å². The maximum Gasteiger partial charge on any atom is 0.237 e. The first-order chi connectivity index (χ1) is 8.15. The largest absolute Gasteiger partial charge is 0.304 e. The second kappa shape index (κ2) is 6.36. The van der Waals surface area contributed by atoms with Crippen molar-refractivity contribution < 1.29 is 4.79 Å². The fourth-order valence-corrected chi connectivity index (χ4v) is 2.76. The van der Waals surface area contributed by atoms with Gasteiger partial charge in [-0.2, -0.15) is 0 Å². The van der Waals surface area contributed by atoms with Crippen molar-refractivity contribution in [1.29, 1.82) is 0 Å². The Bertz CT molecular complexity index is 247. The molecule has 2 fully saturated rings. The van der Waals surface area contributed by atoms with Crippen LogP contribution in [0.2, 0.25) is 0 Å². The highest BCUT2D eigenvalue weighted by Gasteiger charge is 2.40. The molecule has 0 aromatic rings. The molecular weight excluding hydrogens is 214 g/mol. The van der Waals surface area contributed by atoms with Crippen molar-refractivity contribution in [2.75, 3.05) is 26.2 Å². The number of nitrogens with two attached hydrogens (primary N) is 1. The lowest BCUT2D eigenvalue weighted by atomic mass is 9.71. The summed E-state index contributed by atoms with van der Waals surface area (Å²) in [6, 6.07) is 0. The number of hydrazine groups is 1. The van der Waals surface area contributed by atoms with E-state index in [0.717, 1.165) is 32.6 Å². The minimum atomic E-state index is 0.131. The molecule has 0 aliphatic carbocycles. The predicted molar refractivity (Wildman–Crippen MR) is 70.3 cm³/mol. The maximum absolute atomic E-state index is 11.6. The van der Waals surface area contributed by atoms with E-state index >= 15 is 0 Å². The lowest BCUT2D eigenvalue weighted by molar-refractivity contribution is -0.140. The van der Waals surface area contributed by atoms with Gasteiger partial charge in [-0.05, 0) is 44.3 Å². The molecule has 100 valence electrons. The van der Waals surface area contributed by atoms with E-state index in [9.17, 15) is 4.79 Å². The first kappa shape index (κ1) is 14.5. The van der Waals surface area contributed by atoms with Crippen LogP contribution in [-0.4, -0.2) is 42.0 Å². The van der Waals surface area contributed by atoms with E-state index in [4.69, 9.17) is 5.84 Å². The molecule has 0 radical (unpaired) electrons. The molecule has 2 rings (SSSR count). The van der Waals surface area contributed by atoms with Crippen LogP contribution in [0.5, 0.6) is 0 Å². The Morgan fingerprint density at radius 1 is 1.18 bits per heavy atom. The molecule has 1 amide bonds. The summed E-state index contributed by atoms with van der Waals surface area (Å²) in [5.41, 5.74) is 0.276. The molecule has 1 spiro atoms. The monoisotopic (exact) mass is 241 g/mol. The van der Waals surface area contributed by atoms with E-state index in [1.807, 2.05) is 13.8 Å². The maximum atomic E-state index is 11.6. The van der Waals surface area contributed by atoms with E-state index in [-0.39, 0.29) is 11.3 Å². The summed E-state index contributed by atoms with van der Waals surface area (Å²) >= 11 is 0. The number of hydrogen-bond donors (Lipinski definition) is 1. The number of carbonyl (C=O) groups excluding carboxylic acids is 1. The van der Waals surface area contributed by atoms with Gasteiger partial charge in [-0.3, -0.25) is 9.80 Å². The number of piperidine rings is 2. The second-order valence-electron chi connectivity index (χ2n) is 4.95. The molecule has 2 heterocycles. The molecule has 0 aromatic carbocycles. The van der Waals surface area contributed by atoms with Crippen LogP contribution < -0.4 is 5.84 Å². The van der Waals surface area contributed by atoms with Crippen molar-refractivity contribution >= 4 is 5.91 Å². The number of likely N-dealkylation sites (tertiary alicyclic amines) is 1. The highest BCUT2D eigenvalue weighted by Crippen LogP contribution is 2.40. The van der Waals surface area contributed by atoms with Gasteiger partial charge in [0.25, 0.3) is 0 Å². The van der Waals surface area contributed by atoms with Gasteiger partial charge in [0.15, 0.2) is 0 Å². The van der Waals surface area contributed by atoms with Crippen LogP contribution in [0, 0.1) is 5.41 Å². The molecule has 0 aromatic heterocycles. The number of hydrogen-bond acceptors (Lipinski definition) is 3. The first-order valence-corrected chi connectivity index (χ1v) is 6.93. The zero-order chi connectivity index (χ0) is 12.9. The Morgan fingerprint density at radius 3 is 2.18 bits per heavy atom. The highest BCUT2D eigenvalue weighted by molar-refractivity contribution is 5.77. The molecule has 0 saturated carbocycles. The average Bonchev–Trinajstić information content (AvgIpc) is 2.38. The Kier molecular flexibility index (Phi) is 5.40. The minimum absolute atomic E-state index is 0.131. The van der Waals surface area contributed by atoms with Crippen LogP contribution in [-0.2, 0) is 4.79 Å². The third kappa shape index (κ3) is 3.42. The van der Waals surface area contributed by atoms with Gasteiger partial charge in [0, 0.05) is 13.0 Å². The smallest absolute Gasteiger partial charge is 0.237 e. The zero-order valence-electron chi connectivity index (χ0n) is 11.5. The molecule has 2 saturated heterocycles. The Balaban J connectivity index is 0.000000686. The van der Waals surface area contributed by atoms with Crippen LogP contribution in [0.4, 0.5) is 0 Å². The topological polar surface area (TPSA) is 49.6 Å². The molecule has 0 bridgehead atoms. The van der Waals surface area contributed by atoms with Gasteiger partial charge < -0.3 is 4.90 Å². The third-order valence-electron chi connectivity index (χ3n) is 4.09. The van der Waals surface area contributed by atoms with Crippen LogP contribution in [0.1, 0.15) is 46.5 Å². The van der Waals surface area contributed by atoms with Crippen molar-refractivity contribution in [3.63, 3.8) is 0 Å². The van der Waals surface area contributed by atoms with Crippen LogP contribution in [0.15, 0.2) is 0 Å². The van der Waals surface area contributed by atoms with Gasteiger partial charge in [0.1, 0.15) is 0 Å². The summed E-state index contributed by atoms with van der Waals surface area (Å²) in [7, 11) is 0. The summed E-state index contributed by atoms with van der Waals surface area (Å²) in [5, 5.41) is 1.39. The van der Waals surface area contributed by atoms with Crippen molar-refractivity contribution in [3.05, 3.63) is 0 Å². The average molecular weight is 241 g/mol. The first-order valence-electron chi connectivity index (χ1n) is 6.93. The molecule has 17 heavy (non-hydrogen) atoms. The standard InChI is InChI=1S/C11H21N3O.C2H6/c1-2-13-6-3-11(4-7-13)5-8-14(12)10(15)9-11;1-2/h2-9,12H2,1H3;1-2H3. The van der Waals surface area contributed by atoms with Gasteiger partial charge in [0.05, 0.1) is 0 Å². The summed E-state index contributed by atoms with van der Waals surface area (Å²) in [4.78, 5) is 14.1. The van der Waals surface area contributed by atoms with Crippen molar-refractivity contribution in [3.8, 4) is 0 Å². The Morgan fingerprint density at radius 2 is 1.71 bits per heavy atom. The van der Waals surface area contributed by atoms with E-state index in [1.165, 1.54) is 17.9 Å².